The van der Waals surface area contributed by atoms with E-state index in [1.807, 2.05) is 18.2 Å². The van der Waals surface area contributed by atoms with Crippen LogP contribution in [0.15, 0.2) is 65.1 Å². The van der Waals surface area contributed by atoms with Crippen LogP contribution in [-0.4, -0.2) is 49.7 Å². The summed E-state index contributed by atoms with van der Waals surface area (Å²) in [5.74, 6) is 0.680. The highest BCUT2D eigenvalue weighted by atomic mass is 35.5. The topological polar surface area (TPSA) is 57.7 Å². The van der Waals surface area contributed by atoms with Gasteiger partial charge < -0.3 is 4.90 Å². The number of sulfonamides is 1. The van der Waals surface area contributed by atoms with Gasteiger partial charge in [-0.3, -0.25) is 4.79 Å². The van der Waals surface area contributed by atoms with Crippen LogP contribution in [-0.2, 0) is 14.8 Å². The van der Waals surface area contributed by atoms with Crippen molar-refractivity contribution < 1.29 is 13.2 Å². The van der Waals surface area contributed by atoms with Gasteiger partial charge >= 0.3 is 0 Å². The molecule has 0 unspecified atom stereocenters. The minimum atomic E-state index is -3.53. The van der Waals surface area contributed by atoms with Gasteiger partial charge in [-0.25, -0.2) is 8.42 Å². The molecule has 1 heterocycles. The highest BCUT2D eigenvalue weighted by molar-refractivity contribution is 7.89. The van der Waals surface area contributed by atoms with Crippen LogP contribution < -0.4 is 0 Å². The van der Waals surface area contributed by atoms with E-state index in [1.165, 1.54) is 6.42 Å². The minimum absolute atomic E-state index is 0.119. The molecule has 0 atom stereocenters. The van der Waals surface area contributed by atoms with Crippen molar-refractivity contribution in [2.75, 3.05) is 26.2 Å². The zero-order valence-electron chi connectivity index (χ0n) is 21.1. The van der Waals surface area contributed by atoms with Crippen molar-refractivity contribution in [3.05, 3.63) is 70.8 Å². The van der Waals surface area contributed by atoms with Crippen molar-refractivity contribution in [3.63, 3.8) is 0 Å². The summed E-state index contributed by atoms with van der Waals surface area (Å²) >= 11 is 5.93. The average Bonchev–Trinajstić information content (AvgIpc) is 2.89. The first kappa shape index (κ1) is 26.9. The SMILES string of the molecule is CC(=Cc1ccccc1)CN(CC1CCN(S(=O)(=O)c2ccc(Cl)cc2)CC1)C(=O)C1CCCCC1. The molecule has 0 N–H and O–H groups in total. The van der Waals surface area contributed by atoms with E-state index in [0.29, 0.717) is 37.1 Å². The molecule has 36 heavy (non-hydrogen) atoms. The van der Waals surface area contributed by atoms with Gasteiger partial charge in [0.25, 0.3) is 0 Å². The number of carbonyl (C=O) groups excluding carboxylic acids is 1. The molecule has 194 valence electrons. The van der Waals surface area contributed by atoms with Crippen molar-refractivity contribution >= 4 is 33.6 Å². The van der Waals surface area contributed by atoms with E-state index in [1.54, 1.807) is 28.6 Å². The van der Waals surface area contributed by atoms with E-state index in [0.717, 1.165) is 49.7 Å². The standard InChI is InChI=1S/C29H37ClN2O3S/c1-23(20-24-8-4-2-5-9-24)21-31(29(33)26-10-6-3-7-11-26)22-25-16-18-32(19-17-25)36(34,35)28-14-12-27(30)13-15-28/h2,4-5,8-9,12-15,20,25-26H,3,6-7,10-11,16-19,21-22H2,1H3. The Morgan fingerprint density at radius 2 is 1.61 bits per heavy atom. The first-order valence-electron chi connectivity index (χ1n) is 13.1. The largest absolute Gasteiger partial charge is 0.338 e. The second-order valence-electron chi connectivity index (χ2n) is 10.3. The van der Waals surface area contributed by atoms with E-state index in [4.69, 9.17) is 11.6 Å². The van der Waals surface area contributed by atoms with E-state index >= 15 is 0 Å². The zero-order chi connectivity index (χ0) is 25.5. The molecule has 0 radical (unpaired) electrons. The predicted octanol–water partition coefficient (Wildman–Crippen LogP) is 6.25. The molecule has 0 spiro atoms. The third-order valence-corrected chi connectivity index (χ3v) is 9.59. The van der Waals surface area contributed by atoms with Crippen LogP contribution in [0.1, 0.15) is 57.4 Å². The second-order valence-corrected chi connectivity index (χ2v) is 12.6. The molecular formula is C29H37ClN2O3S. The van der Waals surface area contributed by atoms with Crippen molar-refractivity contribution in [2.24, 2.45) is 11.8 Å². The van der Waals surface area contributed by atoms with Gasteiger partial charge in [-0.05, 0) is 68.4 Å². The molecule has 1 aliphatic heterocycles. The highest BCUT2D eigenvalue weighted by Crippen LogP contribution is 2.29. The number of hydrogen-bond donors (Lipinski definition) is 0. The first-order valence-corrected chi connectivity index (χ1v) is 14.9. The lowest BCUT2D eigenvalue weighted by molar-refractivity contribution is -0.137. The molecule has 1 aliphatic carbocycles. The Morgan fingerprint density at radius 3 is 2.25 bits per heavy atom. The van der Waals surface area contributed by atoms with E-state index in [9.17, 15) is 13.2 Å². The van der Waals surface area contributed by atoms with Gasteiger partial charge in [0.1, 0.15) is 0 Å². The van der Waals surface area contributed by atoms with E-state index in [-0.39, 0.29) is 16.7 Å². The van der Waals surface area contributed by atoms with E-state index < -0.39 is 10.0 Å². The Bertz CT molecular complexity index is 1130. The molecule has 0 aromatic heterocycles. The molecule has 5 nitrogen and oxygen atoms in total. The van der Waals surface area contributed by atoms with Gasteiger partial charge in [0.05, 0.1) is 4.90 Å². The van der Waals surface area contributed by atoms with E-state index in [2.05, 4.69) is 30.0 Å². The van der Waals surface area contributed by atoms with Crippen LogP contribution in [0.3, 0.4) is 0 Å². The van der Waals surface area contributed by atoms with Gasteiger partial charge in [-0.2, -0.15) is 4.31 Å². The van der Waals surface area contributed by atoms with Crippen LogP contribution in [0.4, 0.5) is 0 Å². The molecule has 0 bridgehead atoms. The number of rotatable bonds is 8. The maximum absolute atomic E-state index is 13.6. The summed E-state index contributed by atoms with van der Waals surface area (Å²) in [6.45, 7) is 4.34. The molecule has 4 rings (SSSR count). The van der Waals surface area contributed by atoms with Crippen molar-refractivity contribution in [2.45, 2.75) is 56.8 Å². The average molecular weight is 529 g/mol. The molecule has 2 aromatic carbocycles. The summed E-state index contributed by atoms with van der Waals surface area (Å²) in [6, 6.07) is 16.6. The Labute approximate surface area is 221 Å². The molecule has 2 aromatic rings. The summed E-state index contributed by atoms with van der Waals surface area (Å²) in [4.78, 5) is 15.9. The monoisotopic (exact) mass is 528 g/mol. The highest BCUT2D eigenvalue weighted by Gasteiger charge is 2.32. The Morgan fingerprint density at radius 1 is 0.972 bits per heavy atom. The lowest BCUT2D eigenvalue weighted by atomic mass is 9.87. The number of hydrogen-bond acceptors (Lipinski definition) is 3. The minimum Gasteiger partial charge on any atom is -0.338 e. The lowest BCUT2D eigenvalue weighted by Crippen LogP contribution is -2.45. The van der Waals surface area contributed by atoms with Crippen molar-refractivity contribution in [3.8, 4) is 0 Å². The van der Waals surface area contributed by atoms with Crippen LogP contribution in [0.5, 0.6) is 0 Å². The maximum Gasteiger partial charge on any atom is 0.243 e. The van der Waals surface area contributed by atoms with Gasteiger partial charge in [-0.15, -0.1) is 0 Å². The Balaban J connectivity index is 1.42. The number of halogens is 1. The summed E-state index contributed by atoms with van der Waals surface area (Å²) in [7, 11) is -3.53. The summed E-state index contributed by atoms with van der Waals surface area (Å²) in [5.41, 5.74) is 2.30. The van der Waals surface area contributed by atoms with Crippen LogP contribution in [0.25, 0.3) is 6.08 Å². The number of amides is 1. The van der Waals surface area contributed by atoms with Crippen molar-refractivity contribution in [1.82, 2.24) is 9.21 Å². The third-order valence-electron chi connectivity index (χ3n) is 7.42. The molecule has 1 saturated heterocycles. The van der Waals surface area contributed by atoms with Gasteiger partial charge in [-0.1, -0.05) is 72.8 Å². The fourth-order valence-electron chi connectivity index (χ4n) is 5.42. The number of nitrogens with zero attached hydrogens (tertiary/aromatic N) is 2. The zero-order valence-corrected chi connectivity index (χ0v) is 22.7. The molecule has 7 heteroatoms. The smallest absolute Gasteiger partial charge is 0.243 e. The van der Waals surface area contributed by atoms with Gasteiger partial charge in [0.2, 0.25) is 15.9 Å². The van der Waals surface area contributed by atoms with Gasteiger partial charge in [0.15, 0.2) is 0 Å². The summed E-state index contributed by atoms with van der Waals surface area (Å²) in [6.07, 6.45) is 9.10. The second kappa shape index (κ2) is 12.4. The molecule has 1 amide bonds. The van der Waals surface area contributed by atoms with Crippen molar-refractivity contribution in [1.29, 1.82) is 0 Å². The Kier molecular flexibility index (Phi) is 9.26. The quantitative estimate of drug-likeness (QED) is 0.406. The maximum atomic E-state index is 13.6. The molecule has 2 aliphatic rings. The summed E-state index contributed by atoms with van der Waals surface area (Å²) in [5, 5.41) is 0.520. The fourth-order valence-corrected chi connectivity index (χ4v) is 7.02. The normalized spacial score (nSPS) is 18.8. The van der Waals surface area contributed by atoms with Crippen LogP contribution in [0, 0.1) is 11.8 Å². The molecule has 2 fully saturated rings. The molecular weight excluding hydrogens is 492 g/mol. The first-order chi connectivity index (χ1) is 17.3. The molecule has 1 saturated carbocycles. The lowest BCUT2D eigenvalue weighted by Gasteiger charge is -2.36. The van der Waals surface area contributed by atoms with Crippen LogP contribution >= 0.6 is 11.6 Å². The predicted molar refractivity (Wildman–Crippen MR) is 146 cm³/mol. The number of piperidine rings is 1. The Hall–Kier alpha value is -2.15. The number of carbonyl (C=O) groups is 1. The third kappa shape index (κ3) is 6.99. The van der Waals surface area contributed by atoms with Gasteiger partial charge in [0, 0.05) is 37.1 Å². The summed E-state index contributed by atoms with van der Waals surface area (Å²) < 4.78 is 27.7. The number of benzene rings is 2. The van der Waals surface area contributed by atoms with Crippen LogP contribution in [0.2, 0.25) is 5.02 Å². The fraction of sp³-hybridized carbons (Fsp3) is 0.483.